The third-order valence-electron chi connectivity index (χ3n) is 5.76. The van der Waals surface area contributed by atoms with Gasteiger partial charge in [-0.25, -0.2) is 0 Å². The largest absolute Gasteiger partial charge is 0.485 e. The third-order valence-corrected chi connectivity index (χ3v) is 5.76. The molecule has 28 heavy (non-hydrogen) atoms. The number of ether oxygens (including phenoxy) is 1. The van der Waals surface area contributed by atoms with Crippen LogP contribution in [0.5, 0.6) is 5.75 Å². The monoisotopic (exact) mass is 383 g/mol. The Morgan fingerprint density at radius 3 is 2.82 bits per heavy atom. The molecule has 2 aromatic rings. The molecule has 4 rings (SSSR count). The van der Waals surface area contributed by atoms with Crippen LogP contribution in [-0.4, -0.2) is 35.2 Å². The van der Waals surface area contributed by atoms with Crippen molar-refractivity contribution in [1.82, 2.24) is 15.8 Å². The Morgan fingerprint density at radius 1 is 1.32 bits per heavy atom. The number of aryl methyl sites for hydroxylation is 2. The minimum absolute atomic E-state index is 0.0647. The smallest absolute Gasteiger partial charge is 0.257 e. The van der Waals surface area contributed by atoms with E-state index >= 15 is 0 Å². The van der Waals surface area contributed by atoms with Gasteiger partial charge in [-0.15, -0.1) is 0 Å². The molecule has 0 unspecified atom stereocenters. The number of hydrogen-bond donors (Lipinski definition) is 2. The van der Waals surface area contributed by atoms with Crippen molar-refractivity contribution < 1.29 is 18.8 Å². The molecular weight excluding hydrogens is 358 g/mol. The zero-order valence-corrected chi connectivity index (χ0v) is 16.2. The zero-order chi connectivity index (χ0) is 19.7. The second kappa shape index (κ2) is 7.30. The average Bonchev–Trinajstić information content (AvgIpc) is 3.02. The molecule has 1 aliphatic heterocycles. The molecule has 7 nitrogen and oxygen atoms in total. The summed E-state index contributed by atoms with van der Waals surface area (Å²) >= 11 is 0. The molecule has 1 spiro atoms. The van der Waals surface area contributed by atoms with Gasteiger partial charge < -0.3 is 19.9 Å². The first-order valence-electron chi connectivity index (χ1n) is 9.83. The van der Waals surface area contributed by atoms with E-state index in [1.807, 2.05) is 25.1 Å². The lowest BCUT2D eigenvalue weighted by Gasteiger charge is -2.39. The molecule has 2 heterocycles. The van der Waals surface area contributed by atoms with Crippen LogP contribution in [0.15, 0.2) is 28.8 Å². The van der Waals surface area contributed by atoms with Gasteiger partial charge >= 0.3 is 0 Å². The second-order valence-corrected chi connectivity index (χ2v) is 7.63. The topological polar surface area (TPSA) is 93.5 Å². The number of hydrogen-bond acceptors (Lipinski definition) is 5. The van der Waals surface area contributed by atoms with Crippen LogP contribution in [0.25, 0.3) is 0 Å². The zero-order valence-electron chi connectivity index (χ0n) is 16.2. The number of rotatable bonds is 3. The van der Waals surface area contributed by atoms with Crippen molar-refractivity contribution in [3.63, 3.8) is 0 Å². The van der Waals surface area contributed by atoms with Gasteiger partial charge in [0, 0.05) is 6.04 Å². The fraction of sp³-hybridized carbons (Fsp3) is 0.476. The summed E-state index contributed by atoms with van der Waals surface area (Å²) in [6.45, 7) is 4.19. The minimum Gasteiger partial charge on any atom is -0.485 e. The van der Waals surface area contributed by atoms with Crippen LogP contribution in [-0.2, 0) is 6.42 Å². The van der Waals surface area contributed by atoms with Gasteiger partial charge in [0.2, 0.25) is 0 Å². The predicted octanol–water partition coefficient (Wildman–Crippen LogP) is 2.78. The maximum Gasteiger partial charge on any atom is 0.257 e. The van der Waals surface area contributed by atoms with E-state index in [1.54, 1.807) is 13.0 Å². The van der Waals surface area contributed by atoms with Gasteiger partial charge in [-0.2, -0.15) is 0 Å². The molecule has 1 aliphatic carbocycles. The summed E-state index contributed by atoms with van der Waals surface area (Å²) < 4.78 is 11.5. The number of aromatic nitrogens is 1. The second-order valence-electron chi connectivity index (χ2n) is 7.63. The highest BCUT2D eigenvalue weighted by Crippen LogP contribution is 2.36. The Labute approximate surface area is 163 Å². The molecule has 0 saturated heterocycles. The summed E-state index contributed by atoms with van der Waals surface area (Å²) in [6, 6.07) is 7.40. The Hall–Kier alpha value is -2.83. The Bertz CT molecular complexity index is 897. The molecule has 0 atom stereocenters. The van der Waals surface area contributed by atoms with E-state index in [4.69, 9.17) is 9.26 Å². The summed E-state index contributed by atoms with van der Waals surface area (Å²) in [5, 5.41) is 10.1. The number of nitrogens with zero attached hydrogens (tertiary/aromatic N) is 1. The van der Waals surface area contributed by atoms with Gasteiger partial charge in [0.05, 0.1) is 17.8 Å². The van der Waals surface area contributed by atoms with Gasteiger partial charge in [-0.1, -0.05) is 24.2 Å². The van der Waals surface area contributed by atoms with Gasteiger partial charge in [0.25, 0.3) is 11.8 Å². The molecule has 7 heteroatoms. The van der Waals surface area contributed by atoms with E-state index in [0.717, 1.165) is 25.7 Å². The Morgan fingerprint density at radius 2 is 2.07 bits per heavy atom. The maximum absolute atomic E-state index is 12.7. The fourth-order valence-electron chi connectivity index (χ4n) is 4.12. The number of fused-ring (bicyclic) bond motifs is 1. The van der Waals surface area contributed by atoms with E-state index < -0.39 is 5.60 Å². The molecular formula is C21H25N3O4. The van der Waals surface area contributed by atoms with Crippen LogP contribution in [0.2, 0.25) is 0 Å². The molecule has 2 aliphatic rings. The summed E-state index contributed by atoms with van der Waals surface area (Å²) in [5.41, 5.74) is 1.39. The molecule has 1 aromatic carbocycles. The van der Waals surface area contributed by atoms with Gasteiger partial charge in [0.1, 0.15) is 22.7 Å². The van der Waals surface area contributed by atoms with E-state index in [1.165, 1.54) is 0 Å². The van der Waals surface area contributed by atoms with Crippen LogP contribution in [0.1, 0.15) is 64.8 Å². The molecule has 1 fully saturated rings. The Balaban J connectivity index is 1.43. The predicted molar refractivity (Wildman–Crippen MR) is 102 cm³/mol. The highest BCUT2D eigenvalue weighted by molar-refractivity contribution is 5.97. The summed E-state index contributed by atoms with van der Waals surface area (Å²) in [6.07, 6.45) is 3.75. The highest BCUT2D eigenvalue weighted by atomic mass is 16.5. The minimum atomic E-state index is -0.425. The van der Waals surface area contributed by atoms with Crippen molar-refractivity contribution in [2.45, 2.75) is 57.6 Å². The average molecular weight is 383 g/mol. The van der Waals surface area contributed by atoms with Crippen LogP contribution < -0.4 is 15.4 Å². The lowest BCUT2D eigenvalue weighted by atomic mass is 9.81. The van der Waals surface area contributed by atoms with Crippen LogP contribution in [0, 0.1) is 6.92 Å². The molecule has 1 saturated carbocycles. The first-order valence-corrected chi connectivity index (χ1v) is 9.83. The number of nitrogens with one attached hydrogen (secondary N) is 2. The molecule has 0 bridgehead atoms. The van der Waals surface area contributed by atoms with E-state index in [9.17, 15) is 9.59 Å². The summed E-state index contributed by atoms with van der Waals surface area (Å²) in [4.78, 5) is 25.0. The fourth-order valence-corrected chi connectivity index (χ4v) is 4.12. The molecule has 148 valence electrons. The van der Waals surface area contributed by atoms with Crippen molar-refractivity contribution in [2.24, 2.45) is 0 Å². The summed E-state index contributed by atoms with van der Waals surface area (Å²) in [7, 11) is 0. The third kappa shape index (κ3) is 3.37. The SMILES string of the molecule is CCc1noc(C)c1C(=O)NC1CCC2(CC1)CNC(=O)c1ccccc1O2. The molecule has 2 N–H and O–H groups in total. The van der Waals surface area contributed by atoms with E-state index in [0.29, 0.717) is 41.3 Å². The van der Waals surface area contributed by atoms with Crippen molar-refractivity contribution in [2.75, 3.05) is 6.54 Å². The number of amides is 2. The molecule has 1 aromatic heterocycles. The van der Waals surface area contributed by atoms with Crippen molar-refractivity contribution in [1.29, 1.82) is 0 Å². The summed E-state index contributed by atoms with van der Waals surface area (Å²) in [5.74, 6) is 0.954. The van der Waals surface area contributed by atoms with Crippen molar-refractivity contribution in [3.05, 3.63) is 46.8 Å². The van der Waals surface area contributed by atoms with E-state index in [2.05, 4.69) is 15.8 Å². The Kier molecular flexibility index (Phi) is 4.83. The maximum atomic E-state index is 12.7. The number of benzene rings is 1. The molecule has 2 amide bonds. The lowest BCUT2D eigenvalue weighted by Crippen LogP contribution is -2.51. The quantitative estimate of drug-likeness (QED) is 0.850. The number of para-hydroxylation sites is 1. The number of carbonyl (C=O) groups excluding carboxylic acids is 2. The van der Waals surface area contributed by atoms with Crippen molar-refractivity contribution >= 4 is 11.8 Å². The van der Waals surface area contributed by atoms with Crippen LogP contribution in [0.4, 0.5) is 0 Å². The van der Waals surface area contributed by atoms with E-state index in [-0.39, 0.29) is 17.9 Å². The van der Waals surface area contributed by atoms with Crippen LogP contribution >= 0.6 is 0 Å². The van der Waals surface area contributed by atoms with Crippen molar-refractivity contribution in [3.8, 4) is 5.75 Å². The lowest BCUT2D eigenvalue weighted by molar-refractivity contribution is 0.0261. The van der Waals surface area contributed by atoms with Gasteiger partial charge in [-0.3, -0.25) is 9.59 Å². The number of carbonyl (C=O) groups is 2. The highest BCUT2D eigenvalue weighted by Gasteiger charge is 2.41. The molecule has 0 radical (unpaired) electrons. The van der Waals surface area contributed by atoms with Gasteiger partial charge in [-0.05, 0) is 51.2 Å². The normalized spacial score (nSPS) is 24.1. The van der Waals surface area contributed by atoms with Crippen LogP contribution in [0.3, 0.4) is 0 Å². The van der Waals surface area contributed by atoms with Gasteiger partial charge in [0.15, 0.2) is 0 Å². The first-order chi connectivity index (χ1) is 13.5. The first kappa shape index (κ1) is 18.5. The standard InChI is InChI=1S/C21H25N3O4/c1-3-16-18(13(2)28-24-16)20(26)23-14-8-10-21(11-9-14)12-22-19(25)15-6-4-5-7-17(15)27-21/h4-7,14H,3,8-12H2,1-2H3,(H,22,25)(H,23,26).